The second kappa shape index (κ2) is 8.22. The topological polar surface area (TPSA) is 64.7 Å². The van der Waals surface area contributed by atoms with Crippen LogP contribution < -0.4 is 5.73 Å². The molecule has 0 saturated heterocycles. The van der Waals surface area contributed by atoms with Gasteiger partial charge in [0.15, 0.2) is 0 Å². The molecule has 0 spiro atoms. The van der Waals surface area contributed by atoms with E-state index >= 15 is 0 Å². The van der Waals surface area contributed by atoms with Crippen LogP contribution in [0.2, 0.25) is 0 Å². The van der Waals surface area contributed by atoms with Crippen LogP contribution in [0.15, 0.2) is 24.3 Å². The van der Waals surface area contributed by atoms with Crippen molar-refractivity contribution in [2.45, 2.75) is 11.8 Å². The van der Waals surface area contributed by atoms with Gasteiger partial charge in [-0.1, -0.05) is 12.1 Å². The van der Waals surface area contributed by atoms with Gasteiger partial charge in [0, 0.05) is 25.7 Å². The number of rotatable bonds is 9. The van der Waals surface area contributed by atoms with Gasteiger partial charge in [-0.15, -0.1) is 0 Å². The Balaban J connectivity index is 2.65. The molecular weight excluding hydrogens is 249 g/mol. The second-order valence-corrected chi connectivity index (χ2v) is 4.50. The molecule has 5 heteroatoms. The minimum Gasteiger partial charge on any atom is -0.395 e. The number of hydrogen-bond acceptors (Lipinski definition) is 4. The molecule has 0 radical (unpaired) electrons. The molecule has 0 fully saturated rings. The number of halogens is 1. The third kappa shape index (κ3) is 4.54. The zero-order valence-electron chi connectivity index (χ0n) is 11.3. The van der Waals surface area contributed by atoms with Gasteiger partial charge in [-0.25, -0.2) is 4.39 Å². The van der Waals surface area contributed by atoms with Gasteiger partial charge in [-0.05, 0) is 24.1 Å². The zero-order chi connectivity index (χ0) is 14.1. The van der Waals surface area contributed by atoms with E-state index in [-0.39, 0.29) is 19.0 Å². The molecule has 1 aromatic carbocycles. The van der Waals surface area contributed by atoms with Crippen LogP contribution >= 0.6 is 0 Å². The molecule has 0 amide bonds. The normalized spacial score (nSPS) is 14.3. The first kappa shape index (κ1) is 16.0. The number of ether oxygens (including phenoxy) is 2. The van der Waals surface area contributed by atoms with E-state index in [1.807, 2.05) is 0 Å². The number of aliphatic hydroxyl groups is 1. The van der Waals surface area contributed by atoms with Crippen LogP contribution in [0.4, 0.5) is 4.39 Å². The highest BCUT2D eigenvalue weighted by atomic mass is 19.1. The van der Waals surface area contributed by atoms with Gasteiger partial charge in [-0.2, -0.15) is 0 Å². The first-order valence-corrected chi connectivity index (χ1v) is 6.32. The Hall–Kier alpha value is -1.01. The maximum atomic E-state index is 12.9. The van der Waals surface area contributed by atoms with Gasteiger partial charge in [-0.3, -0.25) is 0 Å². The summed E-state index contributed by atoms with van der Waals surface area (Å²) in [6, 6.07) is 6.07. The molecule has 0 aliphatic rings. The minimum absolute atomic E-state index is 0.0945. The van der Waals surface area contributed by atoms with Crippen molar-refractivity contribution in [1.29, 1.82) is 0 Å². The van der Waals surface area contributed by atoms with Crippen LogP contribution in [0, 0.1) is 5.82 Å². The summed E-state index contributed by atoms with van der Waals surface area (Å²) in [4.78, 5) is 0. The molecule has 0 bridgehead atoms. The van der Waals surface area contributed by atoms with E-state index < -0.39 is 5.41 Å². The summed E-state index contributed by atoms with van der Waals surface area (Å²) in [6.45, 7) is 1.70. The molecule has 19 heavy (non-hydrogen) atoms. The minimum atomic E-state index is -0.583. The fourth-order valence-corrected chi connectivity index (χ4v) is 1.91. The summed E-state index contributed by atoms with van der Waals surface area (Å²) in [6.07, 6.45) is 0.579. The van der Waals surface area contributed by atoms with Gasteiger partial charge >= 0.3 is 0 Å². The van der Waals surface area contributed by atoms with Crippen molar-refractivity contribution in [3.05, 3.63) is 35.6 Å². The standard InChI is InChI=1S/C14H22FNO3/c1-18-8-9-19-7-6-14(10-16,11-17)12-2-4-13(15)5-3-12/h2-5,17H,6-11,16H2,1H3. The van der Waals surface area contributed by atoms with E-state index in [0.717, 1.165) is 5.56 Å². The average Bonchev–Trinajstić information content (AvgIpc) is 2.45. The number of hydrogen-bond donors (Lipinski definition) is 2. The van der Waals surface area contributed by atoms with Crippen molar-refractivity contribution in [2.24, 2.45) is 5.73 Å². The van der Waals surface area contributed by atoms with Crippen molar-refractivity contribution >= 4 is 0 Å². The van der Waals surface area contributed by atoms with E-state index in [0.29, 0.717) is 26.2 Å². The van der Waals surface area contributed by atoms with Crippen LogP contribution in [0.25, 0.3) is 0 Å². The molecule has 1 rings (SSSR count). The Bertz CT molecular complexity index is 352. The highest BCUT2D eigenvalue weighted by molar-refractivity contribution is 5.26. The lowest BCUT2D eigenvalue weighted by atomic mass is 9.78. The van der Waals surface area contributed by atoms with E-state index in [1.54, 1.807) is 19.2 Å². The van der Waals surface area contributed by atoms with Gasteiger partial charge in [0.05, 0.1) is 19.8 Å². The Morgan fingerprint density at radius 3 is 2.42 bits per heavy atom. The molecule has 0 saturated carbocycles. The summed E-state index contributed by atoms with van der Waals surface area (Å²) < 4.78 is 23.2. The molecule has 3 N–H and O–H groups in total. The average molecular weight is 271 g/mol. The predicted molar refractivity (Wildman–Crippen MR) is 71.5 cm³/mol. The van der Waals surface area contributed by atoms with Crippen LogP contribution in [0.5, 0.6) is 0 Å². The molecular formula is C14H22FNO3. The van der Waals surface area contributed by atoms with E-state index in [2.05, 4.69) is 0 Å². The quantitative estimate of drug-likeness (QED) is 0.659. The van der Waals surface area contributed by atoms with Crippen LogP contribution in [0.3, 0.4) is 0 Å². The van der Waals surface area contributed by atoms with Crippen LogP contribution in [-0.4, -0.2) is 45.2 Å². The SMILES string of the molecule is COCCOCCC(CN)(CO)c1ccc(F)cc1. The Morgan fingerprint density at radius 2 is 1.89 bits per heavy atom. The fraction of sp³-hybridized carbons (Fsp3) is 0.571. The van der Waals surface area contributed by atoms with Crippen molar-refractivity contribution in [1.82, 2.24) is 0 Å². The first-order valence-electron chi connectivity index (χ1n) is 6.32. The molecule has 0 aliphatic carbocycles. The molecule has 4 nitrogen and oxygen atoms in total. The lowest BCUT2D eigenvalue weighted by molar-refractivity contribution is 0.0538. The van der Waals surface area contributed by atoms with Gasteiger partial charge in [0.25, 0.3) is 0 Å². The maximum absolute atomic E-state index is 12.9. The summed E-state index contributed by atoms with van der Waals surface area (Å²) >= 11 is 0. The molecule has 108 valence electrons. The van der Waals surface area contributed by atoms with Crippen LogP contribution in [-0.2, 0) is 14.9 Å². The monoisotopic (exact) mass is 271 g/mol. The highest BCUT2D eigenvalue weighted by Crippen LogP contribution is 2.27. The third-order valence-corrected chi connectivity index (χ3v) is 3.31. The molecule has 0 aliphatic heterocycles. The Morgan fingerprint density at radius 1 is 1.21 bits per heavy atom. The number of nitrogens with two attached hydrogens (primary N) is 1. The van der Waals surface area contributed by atoms with E-state index in [4.69, 9.17) is 15.2 Å². The molecule has 1 unspecified atom stereocenters. The largest absolute Gasteiger partial charge is 0.395 e. The van der Waals surface area contributed by atoms with Gasteiger partial charge in [0.2, 0.25) is 0 Å². The summed E-state index contributed by atoms with van der Waals surface area (Å²) in [7, 11) is 1.61. The third-order valence-electron chi connectivity index (χ3n) is 3.31. The van der Waals surface area contributed by atoms with E-state index in [1.165, 1.54) is 12.1 Å². The lowest BCUT2D eigenvalue weighted by Crippen LogP contribution is -2.40. The smallest absolute Gasteiger partial charge is 0.123 e. The number of benzene rings is 1. The first-order chi connectivity index (χ1) is 9.18. The molecule has 1 aromatic rings. The Labute approximate surface area is 113 Å². The summed E-state index contributed by atoms with van der Waals surface area (Å²) in [5.74, 6) is -0.302. The van der Waals surface area contributed by atoms with Gasteiger partial charge < -0.3 is 20.3 Å². The van der Waals surface area contributed by atoms with Gasteiger partial charge in [0.1, 0.15) is 5.82 Å². The highest BCUT2D eigenvalue weighted by Gasteiger charge is 2.29. The van der Waals surface area contributed by atoms with Crippen molar-refractivity contribution < 1.29 is 19.0 Å². The molecule has 0 heterocycles. The maximum Gasteiger partial charge on any atom is 0.123 e. The number of aliphatic hydroxyl groups excluding tert-OH is 1. The predicted octanol–water partition coefficient (Wildman–Crippen LogP) is 1.07. The number of methoxy groups -OCH3 is 1. The Kier molecular flexibility index (Phi) is 6.94. The van der Waals surface area contributed by atoms with Crippen molar-refractivity contribution in [2.75, 3.05) is 40.1 Å². The van der Waals surface area contributed by atoms with Crippen molar-refractivity contribution in [3.63, 3.8) is 0 Å². The van der Waals surface area contributed by atoms with Crippen LogP contribution in [0.1, 0.15) is 12.0 Å². The van der Waals surface area contributed by atoms with E-state index in [9.17, 15) is 9.50 Å². The molecule has 1 atom stereocenters. The summed E-state index contributed by atoms with van der Waals surface area (Å²) in [5, 5.41) is 9.65. The molecule has 0 aromatic heterocycles. The zero-order valence-corrected chi connectivity index (χ0v) is 11.3. The second-order valence-electron chi connectivity index (χ2n) is 4.50. The summed E-state index contributed by atoms with van der Waals surface area (Å²) in [5.41, 5.74) is 6.04. The fourth-order valence-electron chi connectivity index (χ4n) is 1.91. The van der Waals surface area contributed by atoms with Crippen molar-refractivity contribution in [3.8, 4) is 0 Å². The lowest BCUT2D eigenvalue weighted by Gasteiger charge is -2.31.